The van der Waals surface area contributed by atoms with E-state index in [1.54, 1.807) is 0 Å². The molecule has 60 valence electrons. The lowest BCUT2D eigenvalue weighted by atomic mass is 10.0. The summed E-state index contributed by atoms with van der Waals surface area (Å²) in [6.45, 7) is 5.98. The predicted octanol–water partition coefficient (Wildman–Crippen LogP) is 1.89. The molecule has 0 aliphatic carbocycles. The summed E-state index contributed by atoms with van der Waals surface area (Å²) in [5.41, 5.74) is 1.08. The van der Waals surface area contributed by atoms with Gasteiger partial charge in [-0.15, -0.1) is 5.10 Å². The van der Waals surface area contributed by atoms with Crippen LogP contribution in [0.2, 0.25) is 0 Å². The second kappa shape index (κ2) is 3.42. The Balaban J connectivity index is 2.84. The van der Waals surface area contributed by atoms with E-state index in [-0.39, 0.29) is 0 Å². The Morgan fingerprint density at radius 1 is 1.36 bits per heavy atom. The smallest absolute Gasteiger partial charge is 0.147 e. The van der Waals surface area contributed by atoms with Crippen molar-refractivity contribution >= 4 is 17.8 Å². The summed E-state index contributed by atoms with van der Waals surface area (Å²) >= 11 is 0. The van der Waals surface area contributed by atoms with Crippen molar-refractivity contribution in [2.24, 2.45) is 21.1 Å². The van der Waals surface area contributed by atoms with Crippen molar-refractivity contribution in [2.45, 2.75) is 27.2 Å². The highest BCUT2D eigenvalue weighted by atomic mass is 15.2. The minimum absolute atomic E-state index is 0.468. The highest BCUT2D eigenvalue weighted by Gasteiger charge is 2.05. The summed E-state index contributed by atoms with van der Waals surface area (Å²) in [7, 11) is 0. The van der Waals surface area contributed by atoms with E-state index in [9.17, 15) is 0 Å². The van der Waals surface area contributed by atoms with Gasteiger partial charge in [0.1, 0.15) is 5.84 Å². The second-order valence-electron chi connectivity index (χ2n) is 2.84. The molecule has 0 aromatic heterocycles. The molecule has 0 aromatic rings. The maximum atomic E-state index is 4.09. The zero-order chi connectivity index (χ0) is 8.27. The molecule has 0 radical (unpaired) electrons. The van der Waals surface area contributed by atoms with Gasteiger partial charge in [-0.05, 0) is 20.3 Å². The molecule has 1 aliphatic heterocycles. The number of hydrogen-bond acceptors (Lipinski definition) is 3. The van der Waals surface area contributed by atoms with E-state index in [1.807, 2.05) is 20.1 Å². The minimum Gasteiger partial charge on any atom is -0.244 e. The van der Waals surface area contributed by atoms with Crippen molar-refractivity contribution in [1.29, 1.82) is 0 Å². The van der Waals surface area contributed by atoms with Gasteiger partial charge in [-0.1, -0.05) is 6.92 Å². The molecule has 1 heterocycles. The molecule has 0 N–H and O–H groups in total. The fraction of sp³-hybridized carbons (Fsp3) is 0.625. The first-order chi connectivity index (χ1) is 5.20. The van der Waals surface area contributed by atoms with Crippen LogP contribution in [0.4, 0.5) is 0 Å². The highest BCUT2D eigenvalue weighted by molar-refractivity contribution is 5.92. The number of hydrogen-bond donors (Lipinski definition) is 0. The Labute approximate surface area is 66.9 Å². The fourth-order valence-electron chi connectivity index (χ4n) is 0.789. The van der Waals surface area contributed by atoms with Gasteiger partial charge in [-0.2, -0.15) is 5.10 Å². The first-order valence-corrected chi connectivity index (χ1v) is 3.81. The van der Waals surface area contributed by atoms with Crippen molar-refractivity contribution in [1.82, 2.24) is 0 Å². The Kier molecular flexibility index (Phi) is 2.52. The van der Waals surface area contributed by atoms with Crippen molar-refractivity contribution in [2.75, 3.05) is 0 Å². The molecule has 3 nitrogen and oxygen atoms in total. The molecule has 0 bridgehead atoms. The summed E-state index contributed by atoms with van der Waals surface area (Å²) in [5.74, 6) is 1.20. The van der Waals surface area contributed by atoms with Gasteiger partial charge in [0.15, 0.2) is 0 Å². The number of nitrogens with zero attached hydrogens (tertiary/aromatic N) is 3. The number of aliphatic imine (C=N–C) groups is 1. The second-order valence-corrected chi connectivity index (χ2v) is 2.84. The van der Waals surface area contributed by atoms with Gasteiger partial charge < -0.3 is 0 Å². The Hall–Kier alpha value is -0.990. The molecule has 0 aromatic carbocycles. The van der Waals surface area contributed by atoms with E-state index in [4.69, 9.17) is 0 Å². The van der Waals surface area contributed by atoms with Crippen LogP contribution in [0, 0.1) is 5.92 Å². The lowest BCUT2D eigenvalue weighted by molar-refractivity contribution is 0.811. The van der Waals surface area contributed by atoms with E-state index >= 15 is 0 Å². The number of amidine groups is 1. The molecule has 1 atom stereocenters. The molecule has 0 fully saturated rings. The van der Waals surface area contributed by atoms with Crippen molar-refractivity contribution in [3.05, 3.63) is 0 Å². The van der Waals surface area contributed by atoms with Crippen LogP contribution in [0.5, 0.6) is 0 Å². The highest BCUT2D eigenvalue weighted by Crippen LogP contribution is 2.05. The molecular weight excluding hydrogens is 138 g/mol. The minimum atomic E-state index is 0.468. The standard InChI is InChI=1S/C8H13N3/c1-6-4-5-9-8(3)11-10-7(6)2/h5-6H,4H2,1-3H3/b9-5+,10-7-,11-8-. The van der Waals surface area contributed by atoms with Crippen LogP contribution < -0.4 is 0 Å². The normalized spacial score (nSPS) is 37.5. The molecule has 0 saturated heterocycles. The van der Waals surface area contributed by atoms with E-state index in [0.29, 0.717) is 5.92 Å². The Bertz CT molecular complexity index is 225. The Morgan fingerprint density at radius 3 is 2.82 bits per heavy atom. The van der Waals surface area contributed by atoms with Crippen molar-refractivity contribution in [3.63, 3.8) is 0 Å². The lowest BCUT2D eigenvalue weighted by Gasteiger charge is -2.07. The zero-order valence-corrected chi connectivity index (χ0v) is 7.20. The molecule has 3 heteroatoms. The van der Waals surface area contributed by atoms with Crippen LogP contribution >= 0.6 is 0 Å². The third-order valence-corrected chi connectivity index (χ3v) is 1.80. The first kappa shape index (κ1) is 8.11. The topological polar surface area (TPSA) is 37.1 Å². The molecule has 1 rings (SSSR count). The van der Waals surface area contributed by atoms with Gasteiger partial charge in [0, 0.05) is 17.8 Å². The first-order valence-electron chi connectivity index (χ1n) is 3.81. The Morgan fingerprint density at radius 2 is 2.09 bits per heavy atom. The van der Waals surface area contributed by atoms with Crippen LogP contribution in [0.1, 0.15) is 27.2 Å². The number of rotatable bonds is 0. The van der Waals surface area contributed by atoms with Crippen LogP contribution in [0.3, 0.4) is 0 Å². The van der Waals surface area contributed by atoms with Crippen LogP contribution in [-0.4, -0.2) is 17.8 Å². The van der Waals surface area contributed by atoms with Crippen LogP contribution in [-0.2, 0) is 0 Å². The average molecular weight is 151 g/mol. The van der Waals surface area contributed by atoms with E-state index < -0.39 is 0 Å². The predicted molar refractivity (Wildman–Crippen MR) is 48.5 cm³/mol. The van der Waals surface area contributed by atoms with Crippen LogP contribution in [0.15, 0.2) is 15.2 Å². The molecule has 1 unspecified atom stereocenters. The third kappa shape index (κ3) is 2.26. The monoisotopic (exact) mass is 151 g/mol. The van der Waals surface area contributed by atoms with E-state index in [1.165, 1.54) is 0 Å². The van der Waals surface area contributed by atoms with Crippen molar-refractivity contribution in [3.8, 4) is 0 Å². The van der Waals surface area contributed by atoms with Gasteiger partial charge >= 0.3 is 0 Å². The molecule has 11 heavy (non-hydrogen) atoms. The molecular formula is C8H13N3. The van der Waals surface area contributed by atoms with Crippen LogP contribution in [0.25, 0.3) is 0 Å². The van der Waals surface area contributed by atoms with Crippen molar-refractivity contribution < 1.29 is 0 Å². The lowest BCUT2D eigenvalue weighted by Crippen LogP contribution is -2.09. The van der Waals surface area contributed by atoms with Gasteiger partial charge in [-0.3, -0.25) is 0 Å². The molecule has 1 aliphatic rings. The van der Waals surface area contributed by atoms with Gasteiger partial charge in [0.05, 0.1) is 0 Å². The molecule has 0 spiro atoms. The summed E-state index contributed by atoms with van der Waals surface area (Å²) < 4.78 is 0. The summed E-state index contributed by atoms with van der Waals surface area (Å²) in [4.78, 5) is 4.09. The average Bonchev–Trinajstić information content (AvgIpc) is 1.98. The summed E-state index contributed by atoms with van der Waals surface area (Å²) in [5, 5.41) is 7.96. The fourth-order valence-corrected chi connectivity index (χ4v) is 0.789. The van der Waals surface area contributed by atoms with Gasteiger partial charge in [0.25, 0.3) is 0 Å². The third-order valence-electron chi connectivity index (χ3n) is 1.80. The zero-order valence-electron chi connectivity index (χ0n) is 7.20. The SMILES string of the molecule is CC1=N/N=C(/C)C(C)C\C=N\1. The maximum absolute atomic E-state index is 4.09. The maximum Gasteiger partial charge on any atom is 0.147 e. The molecule has 0 amide bonds. The molecule has 0 saturated carbocycles. The van der Waals surface area contributed by atoms with E-state index in [2.05, 4.69) is 22.1 Å². The largest absolute Gasteiger partial charge is 0.244 e. The van der Waals surface area contributed by atoms with Gasteiger partial charge in [-0.25, -0.2) is 4.99 Å². The summed E-state index contributed by atoms with van der Waals surface area (Å²) in [6, 6.07) is 0. The summed E-state index contributed by atoms with van der Waals surface area (Å²) in [6.07, 6.45) is 2.86. The van der Waals surface area contributed by atoms with E-state index in [0.717, 1.165) is 18.0 Å². The quantitative estimate of drug-likeness (QED) is 0.507. The van der Waals surface area contributed by atoms with Gasteiger partial charge in [0.2, 0.25) is 0 Å².